The molecule has 0 spiro atoms. The van der Waals surface area contributed by atoms with Gasteiger partial charge in [0.2, 0.25) is 5.13 Å². The van der Waals surface area contributed by atoms with E-state index in [-0.39, 0.29) is 0 Å². The largest absolute Gasteiger partial charge is 0.396 e. The molecule has 1 unspecified atom stereocenters. The maximum Gasteiger partial charge on any atom is 0.205 e. The van der Waals surface area contributed by atoms with Gasteiger partial charge in [-0.05, 0) is 32.1 Å². The van der Waals surface area contributed by atoms with Gasteiger partial charge in [0.25, 0.3) is 0 Å². The molecule has 4 nitrogen and oxygen atoms in total. The van der Waals surface area contributed by atoms with Crippen molar-refractivity contribution < 1.29 is 5.11 Å². The fraction of sp³-hybridized carbons (Fsp3) is 0.800. The molecular weight excluding hydrogens is 210 g/mol. The molecule has 0 amide bonds. The Balaban J connectivity index is 1.98. The number of anilines is 1. The summed E-state index contributed by atoms with van der Waals surface area (Å²) in [6, 6.07) is 0. The van der Waals surface area contributed by atoms with E-state index < -0.39 is 0 Å². The van der Waals surface area contributed by atoms with Gasteiger partial charge in [0.05, 0.1) is 0 Å². The van der Waals surface area contributed by atoms with Crippen LogP contribution in [0.3, 0.4) is 0 Å². The van der Waals surface area contributed by atoms with E-state index >= 15 is 0 Å². The van der Waals surface area contributed by atoms with Gasteiger partial charge in [-0.1, -0.05) is 0 Å². The number of rotatable bonds is 3. The van der Waals surface area contributed by atoms with Crippen LogP contribution in [0, 0.1) is 12.8 Å². The van der Waals surface area contributed by atoms with Gasteiger partial charge in [0, 0.05) is 31.2 Å². The van der Waals surface area contributed by atoms with E-state index in [1.54, 1.807) is 0 Å². The van der Waals surface area contributed by atoms with Crippen LogP contribution in [0.4, 0.5) is 5.13 Å². The average Bonchev–Trinajstić information content (AvgIpc) is 2.66. The molecule has 5 heteroatoms. The lowest BCUT2D eigenvalue weighted by Gasteiger charge is -2.31. The second-order valence-electron chi connectivity index (χ2n) is 4.09. The van der Waals surface area contributed by atoms with Crippen LogP contribution in [0.15, 0.2) is 0 Å². The fourth-order valence-corrected chi connectivity index (χ4v) is 2.78. The van der Waals surface area contributed by atoms with Crippen molar-refractivity contribution >= 4 is 16.7 Å². The molecule has 1 fully saturated rings. The quantitative estimate of drug-likeness (QED) is 0.849. The van der Waals surface area contributed by atoms with Gasteiger partial charge >= 0.3 is 0 Å². The smallest absolute Gasteiger partial charge is 0.205 e. The summed E-state index contributed by atoms with van der Waals surface area (Å²) in [5.41, 5.74) is 0. The molecule has 0 bridgehead atoms. The Hall–Kier alpha value is -0.680. The molecule has 2 rings (SSSR count). The van der Waals surface area contributed by atoms with Crippen molar-refractivity contribution in [2.24, 2.45) is 5.92 Å². The van der Waals surface area contributed by atoms with E-state index in [9.17, 15) is 0 Å². The van der Waals surface area contributed by atoms with E-state index in [1.165, 1.54) is 24.4 Å². The van der Waals surface area contributed by atoms with Crippen molar-refractivity contribution in [1.29, 1.82) is 0 Å². The number of aryl methyl sites for hydroxylation is 1. The summed E-state index contributed by atoms with van der Waals surface area (Å²) in [6.07, 6.45) is 3.34. The SMILES string of the molecule is Cc1nsc(N2CCCC(CCO)C2)n1. The third kappa shape index (κ3) is 2.66. The van der Waals surface area contributed by atoms with Crippen LogP contribution >= 0.6 is 11.5 Å². The van der Waals surface area contributed by atoms with E-state index in [2.05, 4.69) is 14.3 Å². The standard InChI is InChI=1S/C10H17N3OS/c1-8-11-10(15-12-8)13-5-2-3-9(7-13)4-6-14/h9,14H,2-7H2,1H3. The molecule has 0 aromatic carbocycles. The third-order valence-corrected chi connectivity index (χ3v) is 3.71. The van der Waals surface area contributed by atoms with Crippen LogP contribution in [-0.2, 0) is 0 Å². The molecular formula is C10H17N3OS. The van der Waals surface area contributed by atoms with Crippen LogP contribution in [0.2, 0.25) is 0 Å². The van der Waals surface area contributed by atoms with Crippen LogP contribution < -0.4 is 4.90 Å². The summed E-state index contributed by atoms with van der Waals surface area (Å²) >= 11 is 1.48. The van der Waals surface area contributed by atoms with Crippen molar-refractivity contribution in [1.82, 2.24) is 9.36 Å². The highest BCUT2D eigenvalue weighted by Crippen LogP contribution is 2.25. The number of aromatic nitrogens is 2. The molecule has 1 atom stereocenters. The normalized spacial score (nSPS) is 22.0. The number of aliphatic hydroxyl groups excluding tert-OH is 1. The van der Waals surface area contributed by atoms with E-state index in [1.807, 2.05) is 6.92 Å². The Kier molecular flexibility index (Phi) is 3.53. The number of aliphatic hydroxyl groups is 1. The highest BCUT2D eigenvalue weighted by atomic mass is 32.1. The zero-order valence-electron chi connectivity index (χ0n) is 9.02. The molecule has 0 radical (unpaired) electrons. The van der Waals surface area contributed by atoms with Gasteiger partial charge in [-0.25, -0.2) is 4.98 Å². The number of hydrogen-bond donors (Lipinski definition) is 1. The topological polar surface area (TPSA) is 49.2 Å². The van der Waals surface area contributed by atoms with Gasteiger partial charge < -0.3 is 10.0 Å². The predicted molar refractivity (Wildman–Crippen MR) is 61.3 cm³/mol. The Bertz CT molecular complexity index is 313. The molecule has 1 aliphatic heterocycles. The van der Waals surface area contributed by atoms with Crippen molar-refractivity contribution in [2.45, 2.75) is 26.2 Å². The molecule has 0 aliphatic carbocycles. The summed E-state index contributed by atoms with van der Waals surface area (Å²) in [5, 5.41) is 9.97. The van der Waals surface area contributed by atoms with E-state index in [0.717, 1.165) is 30.5 Å². The van der Waals surface area contributed by atoms with Crippen LogP contribution in [0.5, 0.6) is 0 Å². The first-order valence-corrected chi connectivity index (χ1v) is 6.23. The minimum absolute atomic E-state index is 0.299. The Morgan fingerprint density at radius 3 is 3.13 bits per heavy atom. The first kappa shape index (κ1) is 10.8. The first-order valence-electron chi connectivity index (χ1n) is 5.45. The molecule has 1 aliphatic rings. The maximum absolute atomic E-state index is 8.94. The van der Waals surface area contributed by atoms with Gasteiger partial charge in [-0.2, -0.15) is 4.37 Å². The third-order valence-electron chi connectivity index (χ3n) is 2.84. The summed E-state index contributed by atoms with van der Waals surface area (Å²) in [4.78, 5) is 6.70. The van der Waals surface area contributed by atoms with E-state index in [4.69, 9.17) is 5.11 Å². The molecule has 1 saturated heterocycles. The van der Waals surface area contributed by atoms with Gasteiger partial charge in [0.15, 0.2) is 0 Å². The second kappa shape index (κ2) is 4.90. The minimum atomic E-state index is 0.299. The van der Waals surface area contributed by atoms with Gasteiger partial charge in [-0.15, -0.1) is 0 Å². The van der Waals surface area contributed by atoms with Crippen molar-refractivity contribution in [3.05, 3.63) is 5.82 Å². The van der Waals surface area contributed by atoms with Crippen LogP contribution in [0.1, 0.15) is 25.1 Å². The summed E-state index contributed by atoms with van der Waals surface area (Å²) in [7, 11) is 0. The van der Waals surface area contributed by atoms with E-state index in [0.29, 0.717) is 12.5 Å². The zero-order valence-corrected chi connectivity index (χ0v) is 9.83. The van der Waals surface area contributed by atoms with Crippen molar-refractivity contribution in [2.75, 3.05) is 24.6 Å². The maximum atomic E-state index is 8.94. The minimum Gasteiger partial charge on any atom is -0.396 e. The number of piperidine rings is 1. The summed E-state index contributed by atoms with van der Waals surface area (Å²) in [5.74, 6) is 1.48. The lowest BCUT2D eigenvalue weighted by Crippen LogP contribution is -2.35. The number of hydrogen-bond acceptors (Lipinski definition) is 5. The lowest BCUT2D eigenvalue weighted by molar-refractivity contribution is 0.244. The zero-order chi connectivity index (χ0) is 10.7. The summed E-state index contributed by atoms with van der Waals surface area (Å²) < 4.78 is 4.20. The van der Waals surface area contributed by atoms with Crippen molar-refractivity contribution in [3.63, 3.8) is 0 Å². The van der Waals surface area contributed by atoms with Gasteiger partial charge in [0.1, 0.15) is 5.82 Å². The Morgan fingerprint density at radius 2 is 2.47 bits per heavy atom. The second-order valence-corrected chi connectivity index (χ2v) is 4.82. The predicted octanol–water partition coefficient (Wildman–Crippen LogP) is 1.45. The molecule has 1 aromatic heterocycles. The Labute approximate surface area is 94.1 Å². The van der Waals surface area contributed by atoms with Gasteiger partial charge in [-0.3, -0.25) is 0 Å². The lowest BCUT2D eigenvalue weighted by atomic mass is 9.95. The molecule has 0 saturated carbocycles. The number of nitrogens with zero attached hydrogens (tertiary/aromatic N) is 3. The van der Waals surface area contributed by atoms with Crippen LogP contribution in [-0.4, -0.2) is 34.2 Å². The first-order chi connectivity index (χ1) is 7.29. The van der Waals surface area contributed by atoms with Crippen LogP contribution in [0.25, 0.3) is 0 Å². The monoisotopic (exact) mass is 227 g/mol. The highest BCUT2D eigenvalue weighted by molar-refractivity contribution is 7.09. The summed E-state index contributed by atoms with van der Waals surface area (Å²) in [6.45, 7) is 4.33. The average molecular weight is 227 g/mol. The highest BCUT2D eigenvalue weighted by Gasteiger charge is 2.21. The Morgan fingerprint density at radius 1 is 1.60 bits per heavy atom. The fourth-order valence-electron chi connectivity index (χ4n) is 2.07. The molecule has 15 heavy (non-hydrogen) atoms. The molecule has 2 heterocycles. The van der Waals surface area contributed by atoms with Crippen molar-refractivity contribution in [3.8, 4) is 0 Å². The molecule has 1 aromatic rings. The molecule has 1 N–H and O–H groups in total. The molecule has 84 valence electrons.